The van der Waals surface area contributed by atoms with E-state index >= 15 is 0 Å². The average Bonchev–Trinajstić information content (AvgIpc) is 2.86. The van der Waals surface area contributed by atoms with Gasteiger partial charge in [-0.2, -0.15) is 0 Å². The second-order valence-electron chi connectivity index (χ2n) is 5.25. The van der Waals surface area contributed by atoms with Gasteiger partial charge in [-0.25, -0.2) is 0 Å². The summed E-state index contributed by atoms with van der Waals surface area (Å²) in [6.07, 6.45) is 0.341. The standard InChI is InChI=1S/C17H22N2O4/c1-12-16(13(2)23-19-12)11-22-15-6-4-14(5-7-15)10-17(20)18-8-9-21-3/h4-7H,8-11H2,1-3H3,(H,18,20). The monoisotopic (exact) mass is 318 g/mol. The molecule has 23 heavy (non-hydrogen) atoms. The fourth-order valence-corrected chi connectivity index (χ4v) is 2.11. The molecule has 6 heteroatoms. The number of ether oxygens (including phenoxy) is 2. The number of amides is 1. The van der Waals surface area contributed by atoms with Gasteiger partial charge in [-0.15, -0.1) is 0 Å². The van der Waals surface area contributed by atoms with Gasteiger partial charge in [-0.1, -0.05) is 17.3 Å². The molecule has 0 atom stereocenters. The molecule has 0 aliphatic heterocycles. The number of nitrogens with one attached hydrogen (secondary N) is 1. The minimum atomic E-state index is -0.0218. The Morgan fingerprint density at radius 3 is 2.61 bits per heavy atom. The lowest BCUT2D eigenvalue weighted by Gasteiger charge is -2.08. The molecule has 0 bridgehead atoms. The fraction of sp³-hybridized carbons (Fsp3) is 0.412. The van der Waals surface area contributed by atoms with Crippen LogP contribution < -0.4 is 10.1 Å². The number of benzene rings is 1. The van der Waals surface area contributed by atoms with E-state index in [1.807, 2.05) is 38.1 Å². The van der Waals surface area contributed by atoms with E-state index in [4.69, 9.17) is 14.0 Å². The Balaban J connectivity index is 1.83. The van der Waals surface area contributed by atoms with Crippen LogP contribution in [0.3, 0.4) is 0 Å². The van der Waals surface area contributed by atoms with Crippen molar-refractivity contribution in [1.82, 2.24) is 10.5 Å². The summed E-state index contributed by atoms with van der Waals surface area (Å²) in [4.78, 5) is 11.7. The highest BCUT2D eigenvalue weighted by Crippen LogP contribution is 2.18. The summed E-state index contributed by atoms with van der Waals surface area (Å²) in [7, 11) is 1.60. The van der Waals surface area contributed by atoms with E-state index in [1.54, 1.807) is 7.11 Å². The lowest BCUT2D eigenvalue weighted by molar-refractivity contribution is -0.120. The van der Waals surface area contributed by atoms with Crippen LogP contribution in [-0.2, 0) is 22.6 Å². The highest BCUT2D eigenvalue weighted by molar-refractivity contribution is 5.78. The predicted octanol–water partition coefficient (Wildman–Crippen LogP) is 2.18. The first kappa shape index (κ1) is 17.0. The third kappa shape index (κ3) is 5.10. The maximum Gasteiger partial charge on any atom is 0.224 e. The number of hydrogen-bond acceptors (Lipinski definition) is 5. The summed E-state index contributed by atoms with van der Waals surface area (Å²) in [5.74, 6) is 1.49. The van der Waals surface area contributed by atoms with Crippen molar-refractivity contribution < 1.29 is 18.8 Å². The van der Waals surface area contributed by atoms with E-state index in [0.717, 1.165) is 28.3 Å². The molecule has 1 heterocycles. The van der Waals surface area contributed by atoms with E-state index in [1.165, 1.54) is 0 Å². The Morgan fingerprint density at radius 2 is 2.00 bits per heavy atom. The molecule has 1 aromatic heterocycles. The Labute approximate surface area is 135 Å². The summed E-state index contributed by atoms with van der Waals surface area (Å²) >= 11 is 0. The zero-order valence-electron chi connectivity index (χ0n) is 13.7. The minimum absolute atomic E-state index is 0.0218. The maximum atomic E-state index is 11.7. The Bertz CT molecular complexity index is 615. The van der Waals surface area contributed by atoms with Gasteiger partial charge < -0.3 is 19.3 Å². The minimum Gasteiger partial charge on any atom is -0.489 e. The number of methoxy groups -OCH3 is 1. The number of carbonyl (C=O) groups excluding carboxylic acids is 1. The van der Waals surface area contributed by atoms with Crippen LogP contribution in [0, 0.1) is 13.8 Å². The topological polar surface area (TPSA) is 73.6 Å². The third-order valence-corrected chi connectivity index (χ3v) is 3.48. The van der Waals surface area contributed by atoms with Gasteiger partial charge in [0.1, 0.15) is 18.1 Å². The van der Waals surface area contributed by atoms with E-state index in [0.29, 0.717) is 26.2 Å². The van der Waals surface area contributed by atoms with Crippen molar-refractivity contribution in [2.45, 2.75) is 26.9 Å². The predicted molar refractivity (Wildman–Crippen MR) is 85.3 cm³/mol. The SMILES string of the molecule is COCCNC(=O)Cc1ccc(OCc2c(C)noc2C)cc1. The summed E-state index contributed by atoms with van der Waals surface area (Å²) in [6, 6.07) is 7.49. The molecule has 6 nitrogen and oxygen atoms in total. The van der Waals surface area contributed by atoms with Gasteiger partial charge in [0.2, 0.25) is 5.91 Å². The highest BCUT2D eigenvalue weighted by Gasteiger charge is 2.09. The summed E-state index contributed by atoms with van der Waals surface area (Å²) < 4.78 is 15.7. The molecule has 124 valence electrons. The van der Waals surface area contributed by atoms with E-state index in [-0.39, 0.29) is 5.91 Å². The largest absolute Gasteiger partial charge is 0.489 e. The van der Waals surface area contributed by atoms with Gasteiger partial charge in [-0.05, 0) is 31.5 Å². The van der Waals surface area contributed by atoms with Gasteiger partial charge in [0, 0.05) is 13.7 Å². The lowest BCUT2D eigenvalue weighted by atomic mass is 10.1. The number of rotatable bonds is 8. The Kier molecular flexibility index (Phi) is 6.17. The molecule has 0 fully saturated rings. The summed E-state index contributed by atoms with van der Waals surface area (Å²) in [5.41, 5.74) is 2.74. The molecule has 0 unspecified atom stereocenters. The summed E-state index contributed by atoms with van der Waals surface area (Å²) in [6.45, 7) is 5.21. The van der Waals surface area contributed by atoms with Crippen molar-refractivity contribution in [3.63, 3.8) is 0 Å². The van der Waals surface area contributed by atoms with Crippen molar-refractivity contribution in [1.29, 1.82) is 0 Å². The first-order valence-electron chi connectivity index (χ1n) is 7.49. The molecule has 2 rings (SSSR count). The van der Waals surface area contributed by atoms with Crippen LogP contribution >= 0.6 is 0 Å². The third-order valence-electron chi connectivity index (χ3n) is 3.48. The number of hydrogen-bond donors (Lipinski definition) is 1. The average molecular weight is 318 g/mol. The highest BCUT2D eigenvalue weighted by atomic mass is 16.5. The number of aryl methyl sites for hydroxylation is 2. The maximum absolute atomic E-state index is 11.7. The first-order chi connectivity index (χ1) is 11.1. The zero-order chi connectivity index (χ0) is 16.7. The van der Waals surface area contributed by atoms with Crippen LogP contribution in [0.2, 0.25) is 0 Å². The van der Waals surface area contributed by atoms with E-state index in [9.17, 15) is 4.79 Å². The van der Waals surface area contributed by atoms with Gasteiger partial charge >= 0.3 is 0 Å². The lowest BCUT2D eigenvalue weighted by Crippen LogP contribution is -2.28. The molecule has 1 aromatic carbocycles. The Hall–Kier alpha value is -2.34. The van der Waals surface area contributed by atoms with Gasteiger partial charge in [0.05, 0.1) is 24.3 Å². The number of nitrogens with zero attached hydrogens (tertiary/aromatic N) is 1. The molecule has 0 saturated carbocycles. The van der Waals surface area contributed by atoms with Crippen LogP contribution in [0.5, 0.6) is 5.75 Å². The molecule has 0 saturated heterocycles. The molecule has 0 aliphatic carbocycles. The molecule has 2 aromatic rings. The van der Waals surface area contributed by atoms with Gasteiger partial charge in [0.15, 0.2) is 0 Å². The molecule has 1 N–H and O–H groups in total. The van der Waals surface area contributed by atoms with Crippen LogP contribution in [0.1, 0.15) is 22.6 Å². The molecule has 0 spiro atoms. The number of carbonyl (C=O) groups is 1. The fourth-order valence-electron chi connectivity index (χ4n) is 2.11. The molecule has 0 radical (unpaired) electrons. The smallest absolute Gasteiger partial charge is 0.224 e. The van der Waals surface area contributed by atoms with Crippen molar-refractivity contribution >= 4 is 5.91 Å². The Morgan fingerprint density at radius 1 is 1.26 bits per heavy atom. The van der Waals surface area contributed by atoms with Crippen molar-refractivity contribution in [3.05, 3.63) is 46.8 Å². The quantitative estimate of drug-likeness (QED) is 0.755. The molecule has 0 aliphatic rings. The first-order valence-corrected chi connectivity index (χ1v) is 7.49. The second kappa shape index (κ2) is 8.33. The molecular formula is C17H22N2O4. The summed E-state index contributed by atoms with van der Waals surface area (Å²) in [5, 5.41) is 6.69. The van der Waals surface area contributed by atoms with Crippen LogP contribution in [-0.4, -0.2) is 31.3 Å². The zero-order valence-corrected chi connectivity index (χ0v) is 13.7. The molecule has 1 amide bonds. The second-order valence-corrected chi connectivity index (χ2v) is 5.25. The van der Waals surface area contributed by atoms with E-state index < -0.39 is 0 Å². The van der Waals surface area contributed by atoms with Crippen LogP contribution in [0.15, 0.2) is 28.8 Å². The van der Waals surface area contributed by atoms with Crippen molar-refractivity contribution in [3.8, 4) is 5.75 Å². The van der Waals surface area contributed by atoms with Crippen molar-refractivity contribution in [2.75, 3.05) is 20.3 Å². The normalized spacial score (nSPS) is 10.6. The van der Waals surface area contributed by atoms with Crippen molar-refractivity contribution in [2.24, 2.45) is 0 Å². The number of aromatic nitrogens is 1. The van der Waals surface area contributed by atoms with Gasteiger partial charge in [-0.3, -0.25) is 4.79 Å². The van der Waals surface area contributed by atoms with E-state index in [2.05, 4.69) is 10.5 Å². The molecular weight excluding hydrogens is 296 g/mol. The van der Waals surface area contributed by atoms with Gasteiger partial charge in [0.25, 0.3) is 0 Å². The van der Waals surface area contributed by atoms with Crippen LogP contribution in [0.4, 0.5) is 0 Å². The van der Waals surface area contributed by atoms with Crippen LogP contribution in [0.25, 0.3) is 0 Å².